The van der Waals surface area contributed by atoms with Gasteiger partial charge in [-0.25, -0.2) is 9.97 Å². The van der Waals surface area contributed by atoms with Crippen LogP contribution >= 0.6 is 0 Å². The van der Waals surface area contributed by atoms with Crippen molar-refractivity contribution in [2.75, 3.05) is 18.4 Å². The Balaban J connectivity index is 1.72. The van der Waals surface area contributed by atoms with Crippen molar-refractivity contribution in [2.45, 2.75) is 32.7 Å². The Labute approximate surface area is 129 Å². The molecule has 22 heavy (non-hydrogen) atoms. The third kappa shape index (κ3) is 3.44. The van der Waals surface area contributed by atoms with E-state index >= 15 is 0 Å². The topological polar surface area (TPSA) is 71.3 Å². The summed E-state index contributed by atoms with van der Waals surface area (Å²) in [5.74, 6) is 1.25. The van der Waals surface area contributed by atoms with Crippen LogP contribution in [0.4, 0.5) is 5.95 Å². The summed E-state index contributed by atoms with van der Waals surface area (Å²) in [5.41, 5.74) is 1.23. The van der Waals surface area contributed by atoms with E-state index in [2.05, 4.69) is 15.3 Å². The van der Waals surface area contributed by atoms with Crippen molar-refractivity contribution in [3.8, 4) is 0 Å². The van der Waals surface area contributed by atoms with Gasteiger partial charge in [-0.1, -0.05) is 0 Å². The SMILES string of the molecule is Cc1cc(C(=O)N2CCCCC2)nc(NCc2ccco2)n1. The normalized spacial score (nSPS) is 14.9. The van der Waals surface area contributed by atoms with Gasteiger partial charge in [-0.2, -0.15) is 0 Å². The number of furan rings is 1. The van der Waals surface area contributed by atoms with E-state index in [1.54, 1.807) is 12.3 Å². The predicted molar refractivity (Wildman–Crippen MR) is 82.6 cm³/mol. The summed E-state index contributed by atoms with van der Waals surface area (Å²) in [6.45, 7) is 3.99. The van der Waals surface area contributed by atoms with Gasteiger partial charge < -0.3 is 14.6 Å². The van der Waals surface area contributed by atoms with Gasteiger partial charge in [0.1, 0.15) is 11.5 Å². The molecule has 1 N–H and O–H groups in total. The van der Waals surface area contributed by atoms with E-state index in [0.717, 1.165) is 37.4 Å². The van der Waals surface area contributed by atoms with Crippen LogP contribution < -0.4 is 5.32 Å². The van der Waals surface area contributed by atoms with E-state index in [1.807, 2.05) is 24.0 Å². The van der Waals surface area contributed by atoms with Gasteiger partial charge in [0, 0.05) is 18.8 Å². The van der Waals surface area contributed by atoms with E-state index in [4.69, 9.17) is 4.42 Å². The van der Waals surface area contributed by atoms with Crippen LogP contribution in [0.15, 0.2) is 28.9 Å². The molecule has 6 nitrogen and oxygen atoms in total. The second-order valence-corrected chi connectivity index (χ2v) is 5.50. The van der Waals surface area contributed by atoms with Gasteiger partial charge in [0.15, 0.2) is 0 Å². The van der Waals surface area contributed by atoms with Gasteiger partial charge in [0.25, 0.3) is 5.91 Å². The number of nitrogens with one attached hydrogen (secondary N) is 1. The van der Waals surface area contributed by atoms with E-state index in [-0.39, 0.29) is 5.91 Å². The molecule has 1 saturated heterocycles. The number of piperidine rings is 1. The molecule has 1 fully saturated rings. The molecule has 3 rings (SSSR count). The number of rotatable bonds is 4. The number of amides is 1. The number of hydrogen-bond donors (Lipinski definition) is 1. The second-order valence-electron chi connectivity index (χ2n) is 5.50. The molecule has 6 heteroatoms. The van der Waals surface area contributed by atoms with Gasteiger partial charge in [0.2, 0.25) is 5.95 Å². The molecule has 2 aromatic rings. The highest BCUT2D eigenvalue weighted by Crippen LogP contribution is 2.14. The number of aromatic nitrogens is 2. The van der Waals surface area contributed by atoms with Crippen LogP contribution in [0.3, 0.4) is 0 Å². The van der Waals surface area contributed by atoms with Gasteiger partial charge in [-0.3, -0.25) is 4.79 Å². The van der Waals surface area contributed by atoms with Gasteiger partial charge in [-0.15, -0.1) is 0 Å². The summed E-state index contributed by atoms with van der Waals surface area (Å²) in [5, 5.41) is 3.10. The van der Waals surface area contributed by atoms with Crippen LogP contribution in [0.2, 0.25) is 0 Å². The maximum atomic E-state index is 12.5. The molecule has 1 aliphatic heterocycles. The van der Waals surface area contributed by atoms with Crippen molar-refractivity contribution < 1.29 is 9.21 Å². The number of nitrogens with zero attached hydrogens (tertiary/aromatic N) is 3. The van der Waals surface area contributed by atoms with E-state index in [9.17, 15) is 4.79 Å². The monoisotopic (exact) mass is 300 g/mol. The third-order valence-corrected chi connectivity index (χ3v) is 3.72. The summed E-state index contributed by atoms with van der Waals surface area (Å²) in [6, 6.07) is 5.46. The number of carbonyl (C=O) groups excluding carboxylic acids is 1. The molecular formula is C16H20N4O2. The summed E-state index contributed by atoms with van der Waals surface area (Å²) < 4.78 is 5.27. The predicted octanol–water partition coefficient (Wildman–Crippen LogP) is 2.62. The van der Waals surface area contributed by atoms with Gasteiger partial charge >= 0.3 is 0 Å². The smallest absolute Gasteiger partial charge is 0.272 e. The Morgan fingerprint density at radius 2 is 2.14 bits per heavy atom. The highest BCUT2D eigenvalue weighted by atomic mass is 16.3. The zero-order valence-corrected chi connectivity index (χ0v) is 12.7. The molecule has 0 saturated carbocycles. The van der Waals surface area contributed by atoms with Crippen LogP contribution in [0.25, 0.3) is 0 Å². The lowest BCUT2D eigenvalue weighted by molar-refractivity contribution is 0.0718. The molecule has 116 valence electrons. The van der Waals surface area contributed by atoms with Crippen molar-refractivity contribution in [1.29, 1.82) is 0 Å². The summed E-state index contributed by atoms with van der Waals surface area (Å²) >= 11 is 0. The fourth-order valence-corrected chi connectivity index (χ4v) is 2.60. The van der Waals surface area contributed by atoms with Crippen LogP contribution in [-0.4, -0.2) is 33.9 Å². The zero-order chi connectivity index (χ0) is 15.4. The minimum atomic E-state index is -0.00810. The molecule has 0 unspecified atom stereocenters. The number of carbonyl (C=O) groups is 1. The highest BCUT2D eigenvalue weighted by Gasteiger charge is 2.20. The minimum Gasteiger partial charge on any atom is -0.467 e. The molecule has 0 aliphatic carbocycles. The maximum Gasteiger partial charge on any atom is 0.272 e. The van der Waals surface area contributed by atoms with Crippen molar-refractivity contribution in [2.24, 2.45) is 0 Å². The van der Waals surface area contributed by atoms with Gasteiger partial charge in [0.05, 0.1) is 12.8 Å². The largest absolute Gasteiger partial charge is 0.467 e. The number of anilines is 1. The quantitative estimate of drug-likeness (QED) is 0.939. The Morgan fingerprint density at radius 1 is 1.32 bits per heavy atom. The van der Waals surface area contributed by atoms with E-state index < -0.39 is 0 Å². The zero-order valence-electron chi connectivity index (χ0n) is 12.7. The lowest BCUT2D eigenvalue weighted by Gasteiger charge is -2.26. The maximum absolute atomic E-state index is 12.5. The first-order valence-electron chi connectivity index (χ1n) is 7.63. The van der Waals surface area contributed by atoms with Crippen molar-refractivity contribution >= 4 is 11.9 Å². The van der Waals surface area contributed by atoms with E-state index in [1.165, 1.54) is 6.42 Å². The lowest BCUT2D eigenvalue weighted by atomic mass is 10.1. The van der Waals surface area contributed by atoms with Crippen molar-refractivity contribution in [3.63, 3.8) is 0 Å². The molecule has 1 aliphatic rings. The Kier molecular flexibility index (Phi) is 4.37. The molecule has 0 spiro atoms. The standard InChI is InChI=1S/C16H20N4O2/c1-12-10-14(15(21)20-7-3-2-4-8-20)19-16(18-12)17-11-13-6-5-9-22-13/h5-6,9-10H,2-4,7-8,11H2,1H3,(H,17,18,19). The second kappa shape index (κ2) is 6.60. The number of hydrogen-bond acceptors (Lipinski definition) is 5. The molecule has 2 aromatic heterocycles. The van der Waals surface area contributed by atoms with E-state index in [0.29, 0.717) is 18.2 Å². The summed E-state index contributed by atoms with van der Waals surface area (Å²) in [7, 11) is 0. The molecule has 0 radical (unpaired) electrons. The molecule has 1 amide bonds. The van der Waals surface area contributed by atoms with Crippen LogP contribution in [0, 0.1) is 6.92 Å². The first-order valence-corrected chi connectivity index (χ1v) is 7.63. The van der Waals surface area contributed by atoms with Gasteiger partial charge in [-0.05, 0) is 44.4 Å². The first kappa shape index (κ1) is 14.6. The molecule has 0 atom stereocenters. The summed E-state index contributed by atoms with van der Waals surface area (Å²) in [4.78, 5) is 23.1. The third-order valence-electron chi connectivity index (χ3n) is 3.72. The van der Waals surface area contributed by atoms with Crippen LogP contribution in [-0.2, 0) is 6.54 Å². The van der Waals surface area contributed by atoms with Crippen LogP contribution in [0.1, 0.15) is 41.2 Å². The Morgan fingerprint density at radius 3 is 2.86 bits per heavy atom. The highest BCUT2D eigenvalue weighted by molar-refractivity contribution is 5.92. The molecule has 0 bridgehead atoms. The summed E-state index contributed by atoms with van der Waals surface area (Å²) in [6.07, 6.45) is 4.96. The fraction of sp³-hybridized carbons (Fsp3) is 0.438. The Bertz CT molecular complexity index is 634. The lowest BCUT2D eigenvalue weighted by Crippen LogP contribution is -2.36. The molecule has 0 aromatic carbocycles. The fourth-order valence-electron chi connectivity index (χ4n) is 2.60. The van der Waals surface area contributed by atoms with Crippen LogP contribution in [0.5, 0.6) is 0 Å². The first-order chi connectivity index (χ1) is 10.7. The number of aryl methyl sites for hydroxylation is 1. The Hall–Kier alpha value is -2.37. The average Bonchev–Trinajstić information content (AvgIpc) is 3.06. The average molecular weight is 300 g/mol. The minimum absolute atomic E-state index is 0.00810. The molecular weight excluding hydrogens is 280 g/mol. The number of likely N-dealkylation sites (tertiary alicyclic amines) is 1. The van der Waals surface area contributed by atoms with Crippen molar-refractivity contribution in [3.05, 3.63) is 41.6 Å². The molecule has 3 heterocycles. The van der Waals surface area contributed by atoms with Crippen molar-refractivity contribution in [1.82, 2.24) is 14.9 Å².